The summed E-state index contributed by atoms with van der Waals surface area (Å²) in [4.78, 5) is 5.31. The molecule has 0 bridgehead atoms. The zero-order chi connectivity index (χ0) is 14.1. The molecule has 102 valence electrons. The van der Waals surface area contributed by atoms with Gasteiger partial charge in [-0.1, -0.05) is 0 Å². The van der Waals surface area contributed by atoms with E-state index in [1.54, 1.807) is 20.9 Å². The Kier molecular flexibility index (Phi) is 4.27. The molecule has 0 atom stereocenters. The fraction of sp³-hybridized carbons (Fsp3) is 0.545. The van der Waals surface area contributed by atoms with E-state index < -0.39 is 17.3 Å². The zero-order valence-corrected chi connectivity index (χ0v) is 11.9. The molecule has 0 fully saturated rings. The van der Waals surface area contributed by atoms with E-state index >= 15 is 0 Å². The van der Waals surface area contributed by atoms with Crippen molar-refractivity contribution in [3.8, 4) is 0 Å². The van der Waals surface area contributed by atoms with Gasteiger partial charge in [-0.2, -0.15) is 13.2 Å². The van der Waals surface area contributed by atoms with Crippen molar-refractivity contribution >= 4 is 21.7 Å². The van der Waals surface area contributed by atoms with Gasteiger partial charge in [0.2, 0.25) is 0 Å². The van der Waals surface area contributed by atoms with Gasteiger partial charge in [0.05, 0.1) is 5.56 Å². The van der Waals surface area contributed by atoms with Gasteiger partial charge in [-0.05, 0) is 35.8 Å². The van der Waals surface area contributed by atoms with Gasteiger partial charge in [-0.15, -0.1) is 0 Å². The van der Waals surface area contributed by atoms with Gasteiger partial charge >= 0.3 is 6.18 Å². The summed E-state index contributed by atoms with van der Waals surface area (Å²) in [5.74, 6) is -0.124. The summed E-state index contributed by atoms with van der Waals surface area (Å²) in [5, 5.41) is 0. The first kappa shape index (κ1) is 15.2. The number of likely N-dealkylation sites (N-methyl/N-ethyl adjacent to an activating group) is 1. The Morgan fingerprint density at radius 2 is 1.94 bits per heavy atom. The van der Waals surface area contributed by atoms with Gasteiger partial charge in [0, 0.05) is 29.8 Å². The van der Waals surface area contributed by atoms with Gasteiger partial charge in [0.15, 0.2) is 0 Å². The first-order chi connectivity index (χ1) is 8.09. The maximum absolute atomic E-state index is 13.0. The van der Waals surface area contributed by atoms with Crippen molar-refractivity contribution in [2.75, 3.05) is 18.5 Å². The van der Waals surface area contributed by atoms with E-state index in [0.29, 0.717) is 0 Å². The van der Waals surface area contributed by atoms with Crippen LogP contribution in [0.15, 0.2) is 16.7 Å². The molecule has 1 aromatic heterocycles. The summed E-state index contributed by atoms with van der Waals surface area (Å²) in [7, 11) is 1.55. The summed E-state index contributed by atoms with van der Waals surface area (Å²) < 4.78 is 39.2. The van der Waals surface area contributed by atoms with E-state index in [-0.39, 0.29) is 16.8 Å². The second-order valence-electron chi connectivity index (χ2n) is 4.60. The minimum absolute atomic E-state index is 0.124. The van der Waals surface area contributed by atoms with Crippen LogP contribution in [0.5, 0.6) is 0 Å². The summed E-state index contributed by atoms with van der Waals surface area (Å²) in [5.41, 5.74) is 4.19. The quantitative estimate of drug-likeness (QED) is 0.928. The first-order valence-corrected chi connectivity index (χ1v) is 6.05. The highest BCUT2D eigenvalue weighted by atomic mass is 79.9. The van der Waals surface area contributed by atoms with E-state index in [2.05, 4.69) is 20.9 Å². The number of pyridine rings is 1. The van der Waals surface area contributed by atoms with Crippen LogP contribution in [-0.2, 0) is 6.18 Å². The Morgan fingerprint density at radius 1 is 1.39 bits per heavy atom. The van der Waals surface area contributed by atoms with Crippen LogP contribution in [0, 0.1) is 0 Å². The van der Waals surface area contributed by atoms with E-state index in [1.807, 2.05) is 0 Å². The number of halogens is 4. The van der Waals surface area contributed by atoms with Crippen LogP contribution in [0.1, 0.15) is 19.4 Å². The lowest BCUT2D eigenvalue weighted by Gasteiger charge is -2.36. The summed E-state index contributed by atoms with van der Waals surface area (Å²) in [6.45, 7) is 3.74. The molecule has 0 aliphatic rings. The molecule has 0 saturated heterocycles. The Hall–Kier alpha value is -0.820. The number of hydrogen-bond acceptors (Lipinski definition) is 3. The summed E-state index contributed by atoms with van der Waals surface area (Å²) >= 11 is 3.00. The normalized spacial score (nSPS) is 12.7. The maximum atomic E-state index is 13.0. The average molecular weight is 326 g/mol. The lowest BCUT2D eigenvalue weighted by Crippen LogP contribution is -2.48. The van der Waals surface area contributed by atoms with Crippen molar-refractivity contribution in [3.63, 3.8) is 0 Å². The molecular weight excluding hydrogens is 311 g/mol. The standard InChI is InChI=1S/C11H15BrF3N3/c1-10(2,6-16)18(3)9-8(11(13,14)15)4-7(12)5-17-9/h4-5H,6,16H2,1-3H3. The fourth-order valence-corrected chi connectivity index (χ4v) is 1.66. The molecule has 0 spiro atoms. The molecule has 0 saturated carbocycles. The summed E-state index contributed by atoms with van der Waals surface area (Å²) in [6.07, 6.45) is -3.11. The maximum Gasteiger partial charge on any atom is 0.419 e. The van der Waals surface area contributed by atoms with Crippen molar-refractivity contribution in [2.24, 2.45) is 5.73 Å². The number of anilines is 1. The number of hydrogen-bond donors (Lipinski definition) is 1. The first-order valence-electron chi connectivity index (χ1n) is 5.26. The monoisotopic (exact) mass is 325 g/mol. The topological polar surface area (TPSA) is 42.2 Å². The number of nitrogens with two attached hydrogens (primary N) is 1. The van der Waals surface area contributed by atoms with Crippen LogP contribution < -0.4 is 10.6 Å². The molecule has 1 aromatic rings. The molecule has 0 radical (unpaired) electrons. The molecule has 7 heteroatoms. The predicted octanol–water partition coefficient (Wildman–Crippen LogP) is 3.04. The Labute approximate surface area is 112 Å². The highest BCUT2D eigenvalue weighted by Crippen LogP contribution is 2.38. The third-order valence-corrected chi connectivity index (χ3v) is 3.30. The Bertz CT molecular complexity index is 432. The average Bonchev–Trinajstić information content (AvgIpc) is 2.27. The van der Waals surface area contributed by atoms with Crippen molar-refractivity contribution in [1.82, 2.24) is 4.98 Å². The Balaban J connectivity index is 3.33. The van der Waals surface area contributed by atoms with Gasteiger partial charge in [-0.3, -0.25) is 0 Å². The number of nitrogens with zero attached hydrogens (tertiary/aromatic N) is 2. The Morgan fingerprint density at radius 3 is 2.39 bits per heavy atom. The van der Waals surface area contributed by atoms with Crippen molar-refractivity contribution in [1.29, 1.82) is 0 Å². The molecular formula is C11H15BrF3N3. The molecule has 0 aromatic carbocycles. The minimum atomic E-state index is -4.45. The smallest absolute Gasteiger partial charge is 0.353 e. The SMILES string of the molecule is CN(c1ncc(Br)cc1C(F)(F)F)C(C)(C)CN. The fourth-order valence-electron chi connectivity index (χ4n) is 1.33. The molecule has 0 unspecified atom stereocenters. The van der Waals surface area contributed by atoms with Crippen LogP contribution in [0.2, 0.25) is 0 Å². The molecule has 18 heavy (non-hydrogen) atoms. The third-order valence-electron chi connectivity index (χ3n) is 2.86. The molecule has 2 N–H and O–H groups in total. The van der Waals surface area contributed by atoms with E-state index in [1.165, 1.54) is 11.1 Å². The van der Waals surface area contributed by atoms with Crippen LogP contribution >= 0.6 is 15.9 Å². The van der Waals surface area contributed by atoms with E-state index in [9.17, 15) is 13.2 Å². The van der Waals surface area contributed by atoms with Crippen LogP contribution in [0.25, 0.3) is 0 Å². The van der Waals surface area contributed by atoms with Crippen molar-refractivity contribution in [2.45, 2.75) is 25.6 Å². The zero-order valence-electron chi connectivity index (χ0n) is 10.3. The predicted molar refractivity (Wildman–Crippen MR) is 68.5 cm³/mol. The van der Waals surface area contributed by atoms with Crippen LogP contribution in [0.4, 0.5) is 19.0 Å². The van der Waals surface area contributed by atoms with E-state index in [4.69, 9.17) is 5.73 Å². The largest absolute Gasteiger partial charge is 0.419 e. The molecule has 0 aliphatic heterocycles. The van der Waals surface area contributed by atoms with Gasteiger partial charge in [0.25, 0.3) is 0 Å². The minimum Gasteiger partial charge on any atom is -0.353 e. The second kappa shape index (κ2) is 5.05. The highest BCUT2D eigenvalue weighted by molar-refractivity contribution is 9.10. The molecule has 1 heterocycles. The molecule has 3 nitrogen and oxygen atoms in total. The second-order valence-corrected chi connectivity index (χ2v) is 5.51. The van der Waals surface area contributed by atoms with Crippen molar-refractivity contribution < 1.29 is 13.2 Å². The molecule has 0 aliphatic carbocycles. The third kappa shape index (κ3) is 3.14. The van der Waals surface area contributed by atoms with Crippen molar-refractivity contribution in [3.05, 3.63) is 22.3 Å². The van der Waals surface area contributed by atoms with Gasteiger partial charge in [0.1, 0.15) is 5.82 Å². The lowest BCUT2D eigenvalue weighted by atomic mass is 10.0. The molecule has 0 amide bonds. The number of aromatic nitrogens is 1. The number of rotatable bonds is 3. The van der Waals surface area contributed by atoms with Crippen LogP contribution in [0.3, 0.4) is 0 Å². The number of alkyl halides is 3. The van der Waals surface area contributed by atoms with Crippen LogP contribution in [-0.4, -0.2) is 24.1 Å². The molecule has 1 rings (SSSR count). The van der Waals surface area contributed by atoms with Gasteiger partial charge < -0.3 is 10.6 Å². The summed E-state index contributed by atoms with van der Waals surface area (Å²) in [6, 6.07) is 1.02. The lowest BCUT2D eigenvalue weighted by molar-refractivity contribution is -0.137. The van der Waals surface area contributed by atoms with Gasteiger partial charge in [-0.25, -0.2) is 4.98 Å². The highest BCUT2D eigenvalue weighted by Gasteiger charge is 2.37. The van der Waals surface area contributed by atoms with E-state index in [0.717, 1.165) is 6.07 Å².